The fourth-order valence-corrected chi connectivity index (χ4v) is 2.71. The zero-order valence-corrected chi connectivity index (χ0v) is 12.9. The number of carbonyl (C=O) groups excluding carboxylic acids is 1. The van der Waals surface area contributed by atoms with Gasteiger partial charge in [-0.3, -0.25) is 4.79 Å². The van der Waals surface area contributed by atoms with Gasteiger partial charge in [-0.15, -0.1) is 0 Å². The highest BCUT2D eigenvalue weighted by molar-refractivity contribution is 5.95. The second-order valence-electron chi connectivity index (χ2n) is 6.38. The van der Waals surface area contributed by atoms with Gasteiger partial charge in [-0.2, -0.15) is 0 Å². The van der Waals surface area contributed by atoms with E-state index in [0.717, 1.165) is 43.3 Å². The van der Waals surface area contributed by atoms with Crippen LogP contribution >= 0.6 is 0 Å². The van der Waals surface area contributed by atoms with E-state index in [1.165, 1.54) is 12.8 Å². The molecule has 2 fully saturated rings. The highest BCUT2D eigenvalue weighted by Gasteiger charge is 2.29. The largest absolute Gasteiger partial charge is 0.378 e. The summed E-state index contributed by atoms with van der Waals surface area (Å²) in [6, 6.07) is 7.82. The smallest absolute Gasteiger partial charge is 0.254 e. The Hall–Kier alpha value is -1.55. The van der Waals surface area contributed by atoms with Crippen molar-refractivity contribution in [3.05, 3.63) is 29.8 Å². The third kappa shape index (κ3) is 3.56. The van der Waals surface area contributed by atoms with Crippen LogP contribution in [0.15, 0.2) is 24.3 Å². The minimum atomic E-state index is 0.122. The van der Waals surface area contributed by atoms with Crippen molar-refractivity contribution >= 4 is 11.6 Å². The third-order valence-electron chi connectivity index (χ3n) is 4.31. The summed E-state index contributed by atoms with van der Waals surface area (Å²) >= 11 is 0. The molecule has 1 amide bonds. The van der Waals surface area contributed by atoms with Gasteiger partial charge in [0.15, 0.2) is 0 Å². The summed E-state index contributed by atoms with van der Waals surface area (Å²) < 4.78 is 5.90. The second kappa shape index (κ2) is 6.06. The van der Waals surface area contributed by atoms with Gasteiger partial charge in [-0.05, 0) is 43.4 Å². The van der Waals surface area contributed by atoms with Gasteiger partial charge in [-0.1, -0.05) is 6.07 Å². The Kier molecular flexibility index (Phi) is 4.15. The fraction of sp³-hybridized carbons (Fsp3) is 0.588. The predicted molar refractivity (Wildman–Crippen MR) is 83.8 cm³/mol. The zero-order valence-electron chi connectivity index (χ0n) is 12.9. The summed E-state index contributed by atoms with van der Waals surface area (Å²) in [7, 11) is 3.97. The maximum absolute atomic E-state index is 12.6. The molecule has 1 atom stereocenters. The molecule has 1 aromatic carbocycles. The van der Waals surface area contributed by atoms with Crippen molar-refractivity contribution in [2.45, 2.75) is 25.4 Å². The van der Waals surface area contributed by atoms with Gasteiger partial charge in [0, 0.05) is 45.0 Å². The van der Waals surface area contributed by atoms with E-state index in [2.05, 4.69) is 0 Å². The van der Waals surface area contributed by atoms with Crippen molar-refractivity contribution in [1.29, 1.82) is 0 Å². The lowest BCUT2D eigenvalue weighted by molar-refractivity contribution is 0.0480. The molecule has 1 heterocycles. The van der Waals surface area contributed by atoms with Crippen molar-refractivity contribution in [2.75, 3.05) is 38.7 Å². The standard InChI is InChI=1S/C17H24N2O2/c1-18(2)15-5-3-4-14(10-15)17(20)19-9-8-16(11-19)21-12-13-6-7-13/h3-5,10,13,16H,6-9,11-12H2,1-2H3/t16-/m0/s1. The van der Waals surface area contributed by atoms with E-state index in [1.54, 1.807) is 0 Å². The maximum Gasteiger partial charge on any atom is 0.254 e. The van der Waals surface area contributed by atoms with Crippen LogP contribution in [0.3, 0.4) is 0 Å². The first kappa shape index (κ1) is 14.4. The molecule has 0 radical (unpaired) electrons. The molecule has 1 saturated carbocycles. The second-order valence-corrected chi connectivity index (χ2v) is 6.38. The van der Waals surface area contributed by atoms with E-state index in [9.17, 15) is 4.79 Å². The number of rotatable bonds is 5. The Bertz CT molecular complexity index is 511. The van der Waals surface area contributed by atoms with E-state index in [-0.39, 0.29) is 12.0 Å². The van der Waals surface area contributed by atoms with Crippen LogP contribution in [0, 0.1) is 5.92 Å². The average molecular weight is 288 g/mol. The van der Waals surface area contributed by atoms with Gasteiger partial charge < -0.3 is 14.5 Å². The predicted octanol–water partition coefficient (Wildman–Crippen LogP) is 2.39. The Morgan fingerprint density at radius 3 is 2.86 bits per heavy atom. The van der Waals surface area contributed by atoms with Crippen molar-refractivity contribution in [3.63, 3.8) is 0 Å². The summed E-state index contributed by atoms with van der Waals surface area (Å²) in [6.45, 7) is 2.42. The summed E-state index contributed by atoms with van der Waals surface area (Å²) in [4.78, 5) is 16.5. The molecular formula is C17H24N2O2. The first-order valence-electron chi connectivity index (χ1n) is 7.82. The Morgan fingerprint density at radius 2 is 2.14 bits per heavy atom. The molecule has 1 saturated heterocycles. The van der Waals surface area contributed by atoms with Crippen LogP contribution in [0.1, 0.15) is 29.6 Å². The van der Waals surface area contributed by atoms with E-state index >= 15 is 0 Å². The fourth-order valence-electron chi connectivity index (χ4n) is 2.71. The third-order valence-corrected chi connectivity index (χ3v) is 4.31. The minimum absolute atomic E-state index is 0.122. The molecule has 4 heteroatoms. The number of anilines is 1. The van der Waals surface area contributed by atoms with Crippen LogP contribution in [-0.2, 0) is 4.74 Å². The van der Waals surface area contributed by atoms with Gasteiger partial charge in [0.2, 0.25) is 0 Å². The lowest BCUT2D eigenvalue weighted by Crippen LogP contribution is -2.30. The van der Waals surface area contributed by atoms with Gasteiger partial charge >= 0.3 is 0 Å². The molecule has 4 nitrogen and oxygen atoms in total. The molecule has 1 aliphatic heterocycles. The summed E-state index contributed by atoms with van der Waals surface area (Å²) in [5, 5.41) is 0. The SMILES string of the molecule is CN(C)c1cccc(C(=O)N2CC[C@H](OCC3CC3)C2)c1. The first-order valence-corrected chi connectivity index (χ1v) is 7.82. The molecule has 0 aromatic heterocycles. The van der Waals surface area contributed by atoms with E-state index in [1.807, 2.05) is 48.2 Å². The van der Waals surface area contributed by atoms with Gasteiger partial charge in [0.25, 0.3) is 5.91 Å². The molecule has 1 aromatic rings. The van der Waals surface area contributed by atoms with Crippen LogP contribution in [-0.4, -0.2) is 50.7 Å². The number of likely N-dealkylation sites (tertiary alicyclic amines) is 1. The molecule has 0 unspecified atom stereocenters. The summed E-state index contributed by atoms with van der Waals surface area (Å²) in [5.41, 5.74) is 1.82. The lowest BCUT2D eigenvalue weighted by Gasteiger charge is -2.18. The minimum Gasteiger partial charge on any atom is -0.378 e. The van der Waals surface area contributed by atoms with Gasteiger partial charge in [-0.25, -0.2) is 0 Å². The zero-order chi connectivity index (χ0) is 14.8. The lowest BCUT2D eigenvalue weighted by atomic mass is 10.1. The number of ether oxygens (including phenoxy) is 1. The van der Waals surface area contributed by atoms with Gasteiger partial charge in [0.1, 0.15) is 0 Å². The van der Waals surface area contributed by atoms with Crippen molar-refractivity contribution in [3.8, 4) is 0 Å². The van der Waals surface area contributed by atoms with E-state index < -0.39 is 0 Å². The van der Waals surface area contributed by atoms with Crippen LogP contribution in [0.25, 0.3) is 0 Å². The molecule has 0 bridgehead atoms. The molecule has 21 heavy (non-hydrogen) atoms. The van der Waals surface area contributed by atoms with E-state index in [4.69, 9.17) is 4.74 Å². The molecule has 2 aliphatic rings. The molecule has 0 spiro atoms. The topological polar surface area (TPSA) is 32.8 Å². The number of amides is 1. The maximum atomic E-state index is 12.6. The highest BCUT2D eigenvalue weighted by atomic mass is 16.5. The summed E-state index contributed by atoms with van der Waals surface area (Å²) in [5.74, 6) is 0.905. The molecule has 1 aliphatic carbocycles. The normalized spacial score (nSPS) is 21.6. The van der Waals surface area contributed by atoms with E-state index in [0.29, 0.717) is 0 Å². The monoisotopic (exact) mass is 288 g/mol. The number of hydrogen-bond donors (Lipinski definition) is 0. The van der Waals surface area contributed by atoms with Crippen molar-refractivity contribution < 1.29 is 9.53 Å². The number of hydrogen-bond acceptors (Lipinski definition) is 3. The number of nitrogens with zero attached hydrogens (tertiary/aromatic N) is 2. The Morgan fingerprint density at radius 1 is 1.33 bits per heavy atom. The average Bonchev–Trinajstić information content (AvgIpc) is 3.21. The molecule has 3 rings (SSSR count). The Balaban J connectivity index is 1.58. The molecule has 114 valence electrons. The van der Waals surface area contributed by atoms with Gasteiger partial charge in [0.05, 0.1) is 6.10 Å². The summed E-state index contributed by atoms with van der Waals surface area (Å²) in [6.07, 6.45) is 3.82. The van der Waals surface area contributed by atoms with Crippen LogP contribution in [0.5, 0.6) is 0 Å². The van der Waals surface area contributed by atoms with Crippen molar-refractivity contribution in [1.82, 2.24) is 4.90 Å². The van der Waals surface area contributed by atoms with Crippen LogP contribution in [0.4, 0.5) is 5.69 Å². The van der Waals surface area contributed by atoms with Crippen LogP contribution < -0.4 is 4.90 Å². The Labute approximate surface area is 126 Å². The molecule has 0 N–H and O–H groups in total. The number of benzene rings is 1. The van der Waals surface area contributed by atoms with Crippen LogP contribution in [0.2, 0.25) is 0 Å². The van der Waals surface area contributed by atoms with Crippen molar-refractivity contribution in [2.24, 2.45) is 5.92 Å². The number of carbonyl (C=O) groups is 1. The first-order chi connectivity index (χ1) is 10.1. The quantitative estimate of drug-likeness (QED) is 0.834. The molecular weight excluding hydrogens is 264 g/mol. The highest BCUT2D eigenvalue weighted by Crippen LogP contribution is 2.30.